The molecule has 0 rings (SSSR count). The van der Waals surface area contributed by atoms with Gasteiger partial charge in [0.1, 0.15) is 0 Å². The Balaban J connectivity index is 3.32. The van der Waals surface area contributed by atoms with Crippen LogP contribution in [0.25, 0.3) is 0 Å². The second kappa shape index (κ2) is 19.8. The maximum absolute atomic E-state index is 11.8. The third kappa shape index (κ3) is 19.6. The van der Waals surface area contributed by atoms with E-state index in [1.165, 1.54) is 96.3 Å². The Morgan fingerprint density at radius 2 is 1.04 bits per heavy atom. The minimum absolute atomic E-state index is 0.0124. The van der Waals surface area contributed by atoms with E-state index in [-0.39, 0.29) is 12.1 Å². The zero-order valence-electron chi connectivity index (χ0n) is 17.6. The zero-order valence-corrected chi connectivity index (χ0v) is 17.6. The summed E-state index contributed by atoms with van der Waals surface area (Å²) in [5, 5.41) is 0. The Labute approximate surface area is 158 Å². The summed E-state index contributed by atoms with van der Waals surface area (Å²) in [7, 11) is 0. The quantitative estimate of drug-likeness (QED) is 0.173. The molecule has 0 saturated heterocycles. The van der Waals surface area contributed by atoms with E-state index in [0.29, 0.717) is 6.42 Å². The van der Waals surface area contributed by atoms with Crippen LogP contribution in [0.15, 0.2) is 0 Å². The number of ether oxygens (including phenoxy) is 1. The summed E-state index contributed by atoms with van der Waals surface area (Å²) in [5.74, 6) is 0.0124. The first-order valence-electron chi connectivity index (χ1n) is 11.4. The Morgan fingerprint density at radius 3 is 1.52 bits per heavy atom. The molecular weight excluding hydrogens is 308 g/mol. The Bertz CT molecular complexity index is 275. The number of hydrogen-bond donors (Lipinski definition) is 0. The molecule has 25 heavy (non-hydrogen) atoms. The largest absolute Gasteiger partial charge is 0.463 e. The van der Waals surface area contributed by atoms with E-state index in [9.17, 15) is 4.79 Å². The van der Waals surface area contributed by atoms with Crippen molar-refractivity contribution in [2.24, 2.45) is 0 Å². The fraction of sp³-hybridized carbons (Fsp3) is 0.957. The van der Waals surface area contributed by atoms with Crippen LogP contribution < -0.4 is 0 Å². The van der Waals surface area contributed by atoms with Crippen molar-refractivity contribution in [2.45, 2.75) is 142 Å². The van der Waals surface area contributed by atoms with E-state index in [0.717, 1.165) is 12.8 Å². The van der Waals surface area contributed by atoms with Gasteiger partial charge in [0.2, 0.25) is 0 Å². The van der Waals surface area contributed by atoms with E-state index in [1.807, 2.05) is 6.92 Å². The lowest BCUT2D eigenvalue weighted by atomic mass is 10.1. The van der Waals surface area contributed by atoms with Gasteiger partial charge in [0.15, 0.2) is 0 Å². The van der Waals surface area contributed by atoms with Crippen LogP contribution in [0, 0.1) is 0 Å². The van der Waals surface area contributed by atoms with Gasteiger partial charge >= 0.3 is 5.97 Å². The molecule has 0 amide bonds. The van der Waals surface area contributed by atoms with Crippen molar-refractivity contribution >= 4 is 5.97 Å². The number of esters is 1. The lowest BCUT2D eigenvalue weighted by Gasteiger charge is -2.13. The predicted molar refractivity (Wildman–Crippen MR) is 110 cm³/mol. The molecule has 2 heteroatoms. The van der Waals surface area contributed by atoms with Gasteiger partial charge in [-0.05, 0) is 26.2 Å². The summed E-state index contributed by atoms with van der Waals surface area (Å²) in [6.45, 7) is 6.56. The third-order valence-electron chi connectivity index (χ3n) is 5.03. The highest BCUT2D eigenvalue weighted by Crippen LogP contribution is 2.13. The van der Waals surface area contributed by atoms with Crippen molar-refractivity contribution in [1.82, 2.24) is 0 Å². The first kappa shape index (κ1) is 24.5. The lowest BCUT2D eigenvalue weighted by molar-refractivity contribution is -0.148. The molecular formula is C23H46O2. The Morgan fingerprint density at radius 1 is 0.640 bits per heavy atom. The van der Waals surface area contributed by atoms with Gasteiger partial charge in [-0.3, -0.25) is 4.79 Å². The second-order valence-electron chi connectivity index (χ2n) is 7.79. The smallest absolute Gasteiger partial charge is 0.306 e. The minimum Gasteiger partial charge on any atom is -0.463 e. The standard InChI is InChI=1S/C23H46O2/c1-4-6-8-10-12-13-15-17-19-21-23(24)25-22(3)20-18-16-14-11-9-7-5-2/h22H,4-21H2,1-3H3. The van der Waals surface area contributed by atoms with E-state index in [4.69, 9.17) is 4.74 Å². The normalized spacial score (nSPS) is 12.3. The van der Waals surface area contributed by atoms with Crippen molar-refractivity contribution in [3.63, 3.8) is 0 Å². The van der Waals surface area contributed by atoms with Crippen LogP contribution in [0.2, 0.25) is 0 Å². The highest BCUT2D eigenvalue weighted by molar-refractivity contribution is 5.69. The number of rotatable bonds is 19. The van der Waals surface area contributed by atoms with Crippen molar-refractivity contribution in [3.05, 3.63) is 0 Å². The number of carbonyl (C=O) groups excluding carboxylic acids is 1. The molecule has 0 heterocycles. The summed E-state index contributed by atoms with van der Waals surface area (Å²) in [6, 6.07) is 0. The SMILES string of the molecule is CCCCCCCCCCCC(=O)OC(C)CCCCCCCCC. The monoisotopic (exact) mass is 354 g/mol. The molecule has 0 aliphatic rings. The molecule has 0 radical (unpaired) electrons. The van der Waals surface area contributed by atoms with Gasteiger partial charge in [-0.1, -0.05) is 104 Å². The van der Waals surface area contributed by atoms with Crippen molar-refractivity contribution in [1.29, 1.82) is 0 Å². The predicted octanol–water partition coefficient (Wildman–Crippen LogP) is 7.98. The highest BCUT2D eigenvalue weighted by atomic mass is 16.5. The fourth-order valence-electron chi connectivity index (χ4n) is 3.31. The fourth-order valence-corrected chi connectivity index (χ4v) is 3.31. The van der Waals surface area contributed by atoms with Crippen LogP contribution in [0.5, 0.6) is 0 Å². The molecule has 2 nitrogen and oxygen atoms in total. The second-order valence-corrected chi connectivity index (χ2v) is 7.79. The molecule has 1 unspecified atom stereocenters. The van der Waals surface area contributed by atoms with Crippen LogP contribution in [0.1, 0.15) is 136 Å². The van der Waals surface area contributed by atoms with Crippen LogP contribution in [0.3, 0.4) is 0 Å². The average Bonchev–Trinajstić information content (AvgIpc) is 2.59. The van der Waals surface area contributed by atoms with Crippen molar-refractivity contribution in [2.75, 3.05) is 0 Å². The molecule has 0 aliphatic carbocycles. The highest BCUT2D eigenvalue weighted by Gasteiger charge is 2.09. The molecule has 0 fully saturated rings. The van der Waals surface area contributed by atoms with Crippen molar-refractivity contribution < 1.29 is 9.53 Å². The van der Waals surface area contributed by atoms with Gasteiger partial charge in [0.05, 0.1) is 6.10 Å². The van der Waals surface area contributed by atoms with E-state index < -0.39 is 0 Å². The molecule has 1 atom stereocenters. The first-order valence-corrected chi connectivity index (χ1v) is 11.4. The van der Waals surface area contributed by atoms with Crippen LogP contribution in [-0.4, -0.2) is 12.1 Å². The zero-order chi connectivity index (χ0) is 18.6. The van der Waals surface area contributed by atoms with Crippen LogP contribution in [-0.2, 0) is 9.53 Å². The van der Waals surface area contributed by atoms with Gasteiger partial charge in [0.25, 0.3) is 0 Å². The maximum atomic E-state index is 11.8. The summed E-state index contributed by atoms with van der Waals surface area (Å²) in [5.41, 5.74) is 0. The van der Waals surface area contributed by atoms with Crippen LogP contribution in [0.4, 0.5) is 0 Å². The molecule has 0 spiro atoms. The summed E-state index contributed by atoms with van der Waals surface area (Å²) in [6.07, 6.45) is 22.6. The van der Waals surface area contributed by atoms with Crippen molar-refractivity contribution in [3.8, 4) is 0 Å². The Kier molecular flexibility index (Phi) is 19.4. The molecule has 0 N–H and O–H groups in total. The topological polar surface area (TPSA) is 26.3 Å². The van der Waals surface area contributed by atoms with E-state index in [2.05, 4.69) is 13.8 Å². The molecule has 0 aromatic heterocycles. The third-order valence-corrected chi connectivity index (χ3v) is 5.03. The van der Waals surface area contributed by atoms with Gasteiger partial charge < -0.3 is 4.74 Å². The number of carbonyl (C=O) groups is 1. The molecule has 150 valence electrons. The van der Waals surface area contributed by atoms with Crippen LogP contribution >= 0.6 is 0 Å². The van der Waals surface area contributed by atoms with Gasteiger partial charge in [0, 0.05) is 6.42 Å². The van der Waals surface area contributed by atoms with E-state index in [1.54, 1.807) is 0 Å². The Hall–Kier alpha value is -0.530. The lowest BCUT2D eigenvalue weighted by Crippen LogP contribution is -2.14. The molecule has 0 bridgehead atoms. The summed E-state index contributed by atoms with van der Waals surface area (Å²) in [4.78, 5) is 11.8. The van der Waals surface area contributed by atoms with Gasteiger partial charge in [-0.15, -0.1) is 0 Å². The average molecular weight is 355 g/mol. The molecule has 0 aromatic rings. The molecule has 0 saturated carbocycles. The van der Waals surface area contributed by atoms with Gasteiger partial charge in [-0.25, -0.2) is 0 Å². The summed E-state index contributed by atoms with van der Waals surface area (Å²) < 4.78 is 5.53. The number of hydrogen-bond acceptors (Lipinski definition) is 2. The maximum Gasteiger partial charge on any atom is 0.306 e. The molecule has 0 aromatic carbocycles. The first-order chi connectivity index (χ1) is 12.2. The number of unbranched alkanes of at least 4 members (excludes halogenated alkanes) is 14. The minimum atomic E-state index is 0.0124. The van der Waals surface area contributed by atoms with E-state index >= 15 is 0 Å². The summed E-state index contributed by atoms with van der Waals surface area (Å²) >= 11 is 0. The van der Waals surface area contributed by atoms with Gasteiger partial charge in [-0.2, -0.15) is 0 Å². The molecule has 0 aliphatic heterocycles.